The van der Waals surface area contributed by atoms with Crippen LogP contribution in [0.3, 0.4) is 0 Å². The van der Waals surface area contributed by atoms with Gasteiger partial charge in [-0.15, -0.1) is 0 Å². The van der Waals surface area contributed by atoms with Crippen LogP contribution < -0.4 is 5.43 Å². The van der Waals surface area contributed by atoms with Gasteiger partial charge in [0.1, 0.15) is 5.71 Å². The molecule has 0 aromatic heterocycles. The van der Waals surface area contributed by atoms with Gasteiger partial charge >= 0.3 is 11.9 Å². The van der Waals surface area contributed by atoms with Gasteiger partial charge in [-0.05, 0) is 24.6 Å². The van der Waals surface area contributed by atoms with E-state index < -0.39 is 11.9 Å². The molecule has 114 valence electrons. The van der Waals surface area contributed by atoms with Crippen LogP contribution in [0.25, 0.3) is 0 Å². The Bertz CT molecular complexity index is 558. The maximum absolute atomic E-state index is 11.6. The summed E-state index contributed by atoms with van der Waals surface area (Å²) in [4.78, 5) is 22.7. The van der Waals surface area contributed by atoms with Gasteiger partial charge in [-0.3, -0.25) is 10.2 Å². The lowest BCUT2D eigenvalue weighted by atomic mass is 10.2. The molecular weight excluding hydrogens is 296 g/mol. The highest BCUT2D eigenvalue weighted by Gasteiger charge is 2.14. The van der Waals surface area contributed by atoms with Crippen molar-refractivity contribution in [2.75, 3.05) is 19.6 Å². The second-order valence-electron chi connectivity index (χ2n) is 4.20. The van der Waals surface area contributed by atoms with E-state index in [1.165, 1.54) is 14.2 Å². The molecule has 0 aliphatic rings. The maximum Gasteiger partial charge on any atom is 0.354 e. The minimum Gasteiger partial charge on any atom is -0.469 e. The summed E-state index contributed by atoms with van der Waals surface area (Å²) in [5.74, 6) is -1.03. The van der Waals surface area contributed by atoms with Gasteiger partial charge in [0, 0.05) is 11.4 Å². The number of benzene rings is 1. The van der Waals surface area contributed by atoms with Crippen LogP contribution in [0.5, 0.6) is 0 Å². The predicted molar refractivity (Wildman–Crippen MR) is 80.5 cm³/mol. The number of methoxy groups -OCH3 is 2. The van der Waals surface area contributed by atoms with Crippen molar-refractivity contribution in [2.45, 2.75) is 19.8 Å². The topological polar surface area (TPSA) is 77.0 Å². The Labute approximate surface area is 128 Å². The second-order valence-corrected chi connectivity index (χ2v) is 4.61. The molecule has 0 heterocycles. The molecule has 0 saturated carbocycles. The number of nitrogens with one attached hydrogen (secondary N) is 1. The number of carbonyl (C=O) groups is 2. The Kier molecular flexibility index (Phi) is 6.68. The molecule has 1 aromatic rings. The second kappa shape index (κ2) is 8.26. The third-order valence-electron chi connectivity index (χ3n) is 2.71. The SMILES string of the molecule is COC(=O)CC/C(=N/Nc1ccc(C)c(Cl)c1)C(=O)OC. The van der Waals surface area contributed by atoms with Gasteiger partial charge in [-0.2, -0.15) is 5.10 Å². The molecule has 0 aliphatic carbocycles. The van der Waals surface area contributed by atoms with Crippen molar-refractivity contribution >= 4 is 34.9 Å². The summed E-state index contributed by atoms with van der Waals surface area (Å²) in [6, 6.07) is 5.29. The molecule has 7 heteroatoms. The molecule has 1 rings (SSSR count). The van der Waals surface area contributed by atoms with E-state index in [9.17, 15) is 9.59 Å². The molecule has 1 aromatic carbocycles. The fourth-order valence-corrected chi connectivity index (χ4v) is 1.62. The van der Waals surface area contributed by atoms with Crippen molar-refractivity contribution in [1.82, 2.24) is 0 Å². The number of carbonyl (C=O) groups excluding carboxylic acids is 2. The average molecular weight is 313 g/mol. The first kappa shape index (κ1) is 17.0. The number of nitrogens with zero attached hydrogens (tertiary/aromatic N) is 1. The summed E-state index contributed by atoms with van der Waals surface area (Å²) in [6.45, 7) is 1.88. The third kappa shape index (κ3) is 5.43. The fraction of sp³-hybridized carbons (Fsp3) is 0.357. The molecule has 0 unspecified atom stereocenters. The molecule has 6 nitrogen and oxygen atoms in total. The van der Waals surface area contributed by atoms with E-state index in [4.69, 9.17) is 11.6 Å². The Morgan fingerprint density at radius 2 is 1.95 bits per heavy atom. The zero-order chi connectivity index (χ0) is 15.8. The maximum atomic E-state index is 11.6. The van der Waals surface area contributed by atoms with Gasteiger partial charge in [0.2, 0.25) is 0 Å². The number of esters is 2. The Morgan fingerprint density at radius 3 is 2.52 bits per heavy atom. The highest BCUT2D eigenvalue weighted by Crippen LogP contribution is 2.20. The number of hydrazone groups is 1. The van der Waals surface area contributed by atoms with Crippen LogP contribution in [0.4, 0.5) is 5.69 Å². The molecule has 0 atom stereocenters. The summed E-state index contributed by atoms with van der Waals surface area (Å²) in [6.07, 6.45) is 0.159. The van der Waals surface area contributed by atoms with Gasteiger partial charge in [0.15, 0.2) is 0 Å². The van der Waals surface area contributed by atoms with Crippen LogP contribution >= 0.6 is 11.6 Å². The molecule has 0 fully saturated rings. The minimum absolute atomic E-state index is 0.0424. The highest BCUT2D eigenvalue weighted by atomic mass is 35.5. The molecule has 1 N–H and O–H groups in total. The van der Waals surface area contributed by atoms with E-state index >= 15 is 0 Å². The Morgan fingerprint density at radius 1 is 1.24 bits per heavy atom. The Balaban J connectivity index is 2.79. The van der Waals surface area contributed by atoms with Crippen molar-refractivity contribution in [2.24, 2.45) is 5.10 Å². The molecule has 0 bridgehead atoms. The van der Waals surface area contributed by atoms with Crippen molar-refractivity contribution in [3.8, 4) is 0 Å². The van der Waals surface area contributed by atoms with Crippen LogP contribution in [-0.4, -0.2) is 31.9 Å². The number of halogens is 1. The number of rotatable bonds is 6. The first-order valence-electron chi connectivity index (χ1n) is 6.21. The van der Waals surface area contributed by atoms with Crippen LogP contribution in [0.15, 0.2) is 23.3 Å². The van der Waals surface area contributed by atoms with Crippen LogP contribution in [0.2, 0.25) is 5.02 Å². The number of aryl methyl sites for hydroxylation is 1. The van der Waals surface area contributed by atoms with E-state index in [1.807, 2.05) is 13.0 Å². The standard InChI is InChI=1S/C14H17ClN2O4/c1-9-4-5-10(8-11(9)15)16-17-12(14(19)21-3)6-7-13(18)20-2/h4-5,8,16H,6-7H2,1-3H3/b17-12-. The molecule has 0 radical (unpaired) electrons. The van der Waals surface area contributed by atoms with Crippen LogP contribution in [-0.2, 0) is 19.1 Å². The molecule has 0 amide bonds. The van der Waals surface area contributed by atoms with E-state index in [-0.39, 0.29) is 18.6 Å². The van der Waals surface area contributed by atoms with Crippen molar-refractivity contribution in [3.05, 3.63) is 28.8 Å². The molecular formula is C14H17ClN2O4. The summed E-state index contributed by atoms with van der Waals surface area (Å²) < 4.78 is 9.14. The monoisotopic (exact) mass is 312 g/mol. The van der Waals surface area contributed by atoms with Crippen molar-refractivity contribution in [1.29, 1.82) is 0 Å². The quantitative estimate of drug-likeness (QED) is 0.496. The number of hydrogen-bond donors (Lipinski definition) is 1. The van der Waals surface area contributed by atoms with Crippen LogP contribution in [0.1, 0.15) is 18.4 Å². The molecule has 21 heavy (non-hydrogen) atoms. The first-order chi connectivity index (χ1) is 9.97. The molecule has 0 spiro atoms. The van der Waals surface area contributed by atoms with E-state index in [0.717, 1.165) is 5.56 Å². The predicted octanol–water partition coefficient (Wildman–Crippen LogP) is 2.54. The Hall–Kier alpha value is -2.08. The summed E-state index contributed by atoms with van der Waals surface area (Å²) >= 11 is 6.00. The third-order valence-corrected chi connectivity index (χ3v) is 3.11. The van der Waals surface area contributed by atoms with Crippen LogP contribution in [0, 0.1) is 6.92 Å². The normalized spacial score (nSPS) is 11.0. The van der Waals surface area contributed by atoms with E-state index in [2.05, 4.69) is 20.0 Å². The number of hydrogen-bond acceptors (Lipinski definition) is 6. The lowest BCUT2D eigenvalue weighted by Crippen LogP contribution is -2.19. The average Bonchev–Trinajstić information content (AvgIpc) is 2.49. The summed E-state index contributed by atoms with van der Waals surface area (Å²) in [5, 5.41) is 4.55. The zero-order valence-corrected chi connectivity index (χ0v) is 12.9. The van der Waals surface area contributed by atoms with Gasteiger partial charge in [0.05, 0.1) is 26.3 Å². The highest BCUT2D eigenvalue weighted by molar-refractivity contribution is 6.36. The summed E-state index contributed by atoms with van der Waals surface area (Å²) in [5.41, 5.74) is 4.38. The van der Waals surface area contributed by atoms with E-state index in [1.54, 1.807) is 12.1 Å². The lowest BCUT2D eigenvalue weighted by Gasteiger charge is -2.07. The zero-order valence-electron chi connectivity index (χ0n) is 12.1. The first-order valence-corrected chi connectivity index (χ1v) is 6.59. The lowest BCUT2D eigenvalue weighted by molar-refractivity contribution is -0.140. The van der Waals surface area contributed by atoms with E-state index in [0.29, 0.717) is 10.7 Å². The fourth-order valence-electron chi connectivity index (χ4n) is 1.44. The smallest absolute Gasteiger partial charge is 0.354 e. The number of ether oxygens (including phenoxy) is 2. The molecule has 0 saturated heterocycles. The number of anilines is 1. The van der Waals surface area contributed by atoms with Crippen molar-refractivity contribution in [3.63, 3.8) is 0 Å². The van der Waals surface area contributed by atoms with Crippen molar-refractivity contribution < 1.29 is 19.1 Å². The van der Waals surface area contributed by atoms with Gasteiger partial charge < -0.3 is 9.47 Å². The summed E-state index contributed by atoms with van der Waals surface area (Å²) in [7, 11) is 2.53. The van der Waals surface area contributed by atoms with Gasteiger partial charge in [0.25, 0.3) is 0 Å². The minimum atomic E-state index is -0.607. The van der Waals surface area contributed by atoms with Gasteiger partial charge in [-0.1, -0.05) is 17.7 Å². The van der Waals surface area contributed by atoms with Gasteiger partial charge in [-0.25, -0.2) is 4.79 Å². The molecule has 0 aliphatic heterocycles. The largest absolute Gasteiger partial charge is 0.469 e.